The van der Waals surface area contributed by atoms with Crippen LogP contribution in [0.5, 0.6) is 0 Å². The quantitative estimate of drug-likeness (QED) is 0.754. The van der Waals surface area contributed by atoms with E-state index in [1.165, 1.54) is 18.2 Å². The zero-order valence-corrected chi connectivity index (χ0v) is 8.72. The number of halogens is 2. The molecule has 0 heterocycles. The van der Waals surface area contributed by atoms with E-state index in [2.05, 4.69) is 0 Å². The second-order valence-corrected chi connectivity index (χ2v) is 3.60. The fourth-order valence-corrected chi connectivity index (χ4v) is 1.37. The van der Waals surface area contributed by atoms with Gasteiger partial charge in [0.25, 0.3) is 0 Å². The summed E-state index contributed by atoms with van der Waals surface area (Å²) in [6, 6.07) is 5.62. The van der Waals surface area contributed by atoms with Crippen molar-refractivity contribution < 1.29 is 4.39 Å². The monoisotopic (exact) mass is 212 g/mol. The number of hydrogen-bond acceptors (Lipinski definition) is 2. The summed E-state index contributed by atoms with van der Waals surface area (Å²) in [7, 11) is 3.43. The van der Waals surface area contributed by atoms with Gasteiger partial charge in [-0.2, -0.15) is 5.26 Å². The molecular formula is C10H10ClFN2. The lowest BCUT2D eigenvalue weighted by atomic mass is 10.1. The third kappa shape index (κ3) is 2.22. The van der Waals surface area contributed by atoms with Gasteiger partial charge in [0, 0.05) is 10.6 Å². The summed E-state index contributed by atoms with van der Waals surface area (Å²) < 4.78 is 13.3. The zero-order valence-electron chi connectivity index (χ0n) is 7.96. The van der Waals surface area contributed by atoms with Crippen LogP contribution in [-0.4, -0.2) is 19.0 Å². The fraction of sp³-hybridized carbons (Fsp3) is 0.300. The molecule has 0 radical (unpaired) electrons. The van der Waals surface area contributed by atoms with E-state index in [9.17, 15) is 4.39 Å². The molecule has 0 amide bonds. The lowest BCUT2D eigenvalue weighted by Crippen LogP contribution is -2.19. The predicted octanol–water partition coefficient (Wildman–Crippen LogP) is 2.61. The summed E-state index contributed by atoms with van der Waals surface area (Å²) in [4.78, 5) is 1.63. The molecule has 1 rings (SSSR count). The van der Waals surface area contributed by atoms with Gasteiger partial charge in [0.1, 0.15) is 11.9 Å². The highest BCUT2D eigenvalue weighted by Crippen LogP contribution is 2.23. The molecule has 0 fully saturated rings. The van der Waals surface area contributed by atoms with Crippen LogP contribution in [0.25, 0.3) is 0 Å². The zero-order chi connectivity index (χ0) is 10.7. The number of nitrogens with zero attached hydrogens (tertiary/aromatic N) is 2. The Balaban J connectivity index is 3.17. The van der Waals surface area contributed by atoms with E-state index in [1.807, 2.05) is 6.07 Å². The molecule has 1 aromatic rings. The summed E-state index contributed by atoms with van der Waals surface area (Å²) in [6.45, 7) is 0. The molecule has 0 aliphatic rings. The number of nitriles is 1. The van der Waals surface area contributed by atoms with Crippen LogP contribution in [0, 0.1) is 17.1 Å². The lowest BCUT2D eigenvalue weighted by molar-refractivity contribution is 0.349. The van der Waals surface area contributed by atoms with Gasteiger partial charge in [-0.1, -0.05) is 11.6 Å². The lowest BCUT2D eigenvalue weighted by Gasteiger charge is -2.17. The molecule has 1 unspecified atom stereocenters. The van der Waals surface area contributed by atoms with Crippen molar-refractivity contribution in [2.75, 3.05) is 14.1 Å². The van der Waals surface area contributed by atoms with Crippen LogP contribution in [0.15, 0.2) is 18.2 Å². The highest BCUT2D eigenvalue weighted by Gasteiger charge is 2.17. The SMILES string of the molecule is CN(C)C(C#N)c1cc(Cl)ccc1F. The molecule has 0 saturated heterocycles. The third-order valence-electron chi connectivity index (χ3n) is 1.89. The third-order valence-corrected chi connectivity index (χ3v) is 2.13. The Morgan fingerprint density at radius 1 is 1.50 bits per heavy atom. The normalized spacial score (nSPS) is 12.6. The Hall–Kier alpha value is -1.11. The molecule has 14 heavy (non-hydrogen) atoms. The minimum absolute atomic E-state index is 0.310. The Bertz CT molecular complexity index is 371. The molecule has 1 aromatic carbocycles. The standard InChI is InChI=1S/C10H10ClFN2/c1-14(2)10(6-13)8-5-7(11)3-4-9(8)12/h3-5,10H,1-2H3. The maximum Gasteiger partial charge on any atom is 0.129 e. The van der Waals surface area contributed by atoms with Gasteiger partial charge >= 0.3 is 0 Å². The van der Waals surface area contributed by atoms with Gasteiger partial charge < -0.3 is 0 Å². The molecule has 4 heteroatoms. The van der Waals surface area contributed by atoms with Gasteiger partial charge in [-0.05, 0) is 32.3 Å². The molecule has 0 saturated carbocycles. The van der Waals surface area contributed by atoms with Crippen molar-refractivity contribution >= 4 is 11.6 Å². The van der Waals surface area contributed by atoms with Crippen molar-refractivity contribution in [3.05, 3.63) is 34.6 Å². The molecule has 1 atom stereocenters. The van der Waals surface area contributed by atoms with Gasteiger partial charge in [0.15, 0.2) is 0 Å². The summed E-state index contributed by atoms with van der Waals surface area (Å²) in [5.74, 6) is -0.408. The molecule has 74 valence electrons. The van der Waals surface area contributed by atoms with Crippen LogP contribution < -0.4 is 0 Å². The van der Waals surface area contributed by atoms with Crippen molar-refractivity contribution in [3.63, 3.8) is 0 Å². The number of benzene rings is 1. The van der Waals surface area contributed by atoms with Crippen molar-refractivity contribution in [2.45, 2.75) is 6.04 Å². The van der Waals surface area contributed by atoms with Crippen LogP contribution in [0.4, 0.5) is 4.39 Å². The Morgan fingerprint density at radius 2 is 2.14 bits per heavy atom. The summed E-state index contributed by atoms with van der Waals surface area (Å²) >= 11 is 5.73. The van der Waals surface area contributed by atoms with Crippen LogP contribution in [-0.2, 0) is 0 Å². The molecule has 0 N–H and O–H groups in total. The average Bonchev–Trinajstić information content (AvgIpc) is 2.11. The summed E-state index contributed by atoms with van der Waals surface area (Å²) in [5.41, 5.74) is 0.310. The first-order valence-electron chi connectivity index (χ1n) is 4.07. The van der Waals surface area contributed by atoms with Crippen LogP contribution in [0.3, 0.4) is 0 Å². The minimum atomic E-state index is -0.603. The van der Waals surface area contributed by atoms with Gasteiger partial charge in [-0.3, -0.25) is 4.90 Å². The highest BCUT2D eigenvalue weighted by atomic mass is 35.5. The predicted molar refractivity (Wildman–Crippen MR) is 53.5 cm³/mol. The van der Waals surface area contributed by atoms with E-state index in [0.29, 0.717) is 10.6 Å². The van der Waals surface area contributed by atoms with Gasteiger partial charge in [0.05, 0.1) is 6.07 Å². The van der Waals surface area contributed by atoms with Crippen molar-refractivity contribution in [1.29, 1.82) is 5.26 Å². The molecule has 2 nitrogen and oxygen atoms in total. The second kappa shape index (κ2) is 4.41. The minimum Gasteiger partial charge on any atom is -0.290 e. The van der Waals surface area contributed by atoms with E-state index in [0.717, 1.165) is 0 Å². The summed E-state index contributed by atoms with van der Waals surface area (Å²) in [5, 5.41) is 9.30. The number of hydrogen-bond donors (Lipinski definition) is 0. The van der Waals surface area contributed by atoms with Gasteiger partial charge in [-0.15, -0.1) is 0 Å². The first-order chi connectivity index (χ1) is 6.56. The molecular weight excluding hydrogens is 203 g/mol. The van der Waals surface area contributed by atoms with E-state index >= 15 is 0 Å². The average molecular weight is 213 g/mol. The fourth-order valence-electron chi connectivity index (χ4n) is 1.19. The molecule has 0 spiro atoms. The first kappa shape index (κ1) is 11.0. The molecule has 0 aliphatic carbocycles. The van der Waals surface area contributed by atoms with Gasteiger partial charge in [0.2, 0.25) is 0 Å². The largest absolute Gasteiger partial charge is 0.290 e. The van der Waals surface area contributed by atoms with Crippen molar-refractivity contribution in [3.8, 4) is 6.07 Å². The van der Waals surface area contributed by atoms with E-state index in [-0.39, 0.29) is 0 Å². The van der Waals surface area contributed by atoms with Crippen LogP contribution in [0.1, 0.15) is 11.6 Å². The highest BCUT2D eigenvalue weighted by molar-refractivity contribution is 6.30. The van der Waals surface area contributed by atoms with Crippen LogP contribution in [0.2, 0.25) is 5.02 Å². The molecule has 0 bridgehead atoms. The van der Waals surface area contributed by atoms with Crippen LogP contribution >= 0.6 is 11.6 Å². The van der Waals surface area contributed by atoms with Gasteiger partial charge in [-0.25, -0.2) is 4.39 Å². The van der Waals surface area contributed by atoms with E-state index < -0.39 is 11.9 Å². The maximum absolute atomic E-state index is 13.3. The molecule has 0 aliphatic heterocycles. The maximum atomic E-state index is 13.3. The smallest absolute Gasteiger partial charge is 0.129 e. The summed E-state index contributed by atoms with van der Waals surface area (Å²) in [6.07, 6.45) is 0. The Morgan fingerprint density at radius 3 is 2.64 bits per heavy atom. The van der Waals surface area contributed by atoms with Crippen molar-refractivity contribution in [1.82, 2.24) is 4.90 Å². The Kier molecular flexibility index (Phi) is 3.45. The first-order valence-corrected chi connectivity index (χ1v) is 4.45. The topological polar surface area (TPSA) is 27.0 Å². The van der Waals surface area contributed by atoms with E-state index in [4.69, 9.17) is 16.9 Å². The van der Waals surface area contributed by atoms with E-state index in [1.54, 1.807) is 19.0 Å². The van der Waals surface area contributed by atoms with Crippen molar-refractivity contribution in [2.24, 2.45) is 0 Å². The molecule has 0 aromatic heterocycles. The second-order valence-electron chi connectivity index (χ2n) is 3.16. The Labute approximate surface area is 87.5 Å². The number of rotatable bonds is 2.